The van der Waals surface area contributed by atoms with E-state index in [0.717, 1.165) is 0 Å². The Labute approximate surface area is 127 Å². The summed E-state index contributed by atoms with van der Waals surface area (Å²) in [4.78, 5) is 22.2. The molecule has 2 N–H and O–H groups in total. The van der Waals surface area contributed by atoms with E-state index in [9.17, 15) is 9.59 Å². The van der Waals surface area contributed by atoms with Gasteiger partial charge in [0.25, 0.3) is 5.91 Å². The highest BCUT2D eigenvalue weighted by Crippen LogP contribution is 2.13. The molecule has 1 amide bonds. The Morgan fingerprint density at radius 3 is 2.86 bits per heavy atom. The molecule has 0 aliphatic carbocycles. The van der Waals surface area contributed by atoms with Gasteiger partial charge in [0.2, 0.25) is 0 Å². The van der Waals surface area contributed by atoms with E-state index in [0.29, 0.717) is 36.8 Å². The largest absolute Gasteiger partial charge is 0.491 e. The summed E-state index contributed by atoms with van der Waals surface area (Å²) in [6.45, 7) is 1.33. The maximum Gasteiger partial charge on any atom is 0.313 e. The molecular weight excluding hydrogens is 294 g/mol. The summed E-state index contributed by atoms with van der Waals surface area (Å²) < 4.78 is 10.3. The zero-order valence-electron chi connectivity index (χ0n) is 11.8. The zero-order chi connectivity index (χ0) is 15.5. The first-order valence-corrected chi connectivity index (χ1v) is 7.58. The number of rotatable bonds is 10. The zero-order valence-corrected chi connectivity index (χ0v) is 12.6. The summed E-state index contributed by atoms with van der Waals surface area (Å²) >= 11 is 1.26. The molecule has 0 saturated carbocycles. The number of carboxylic acids is 1. The summed E-state index contributed by atoms with van der Waals surface area (Å²) in [6.07, 6.45) is 0. The lowest BCUT2D eigenvalue weighted by Crippen LogP contribution is -2.26. The molecule has 21 heavy (non-hydrogen) atoms. The lowest BCUT2D eigenvalue weighted by Gasteiger charge is -2.08. The van der Waals surface area contributed by atoms with Crippen molar-refractivity contribution >= 4 is 23.6 Å². The number of carbonyl (C=O) groups is 2. The third-order valence-corrected chi connectivity index (χ3v) is 3.35. The Bertz CT molecular complexity index is 466. The first-order valence-electron chi connectivity index (χ1n) is 6.43. The summed E-state index contributed by atoms with van der Waals surface area (Å²) in [7, 11) is 1.59. The fraction of sp³-hybridized carbons (Fsp3) is 0.429. The molecule has 0 unspecified atom stereocenters. The maximum atomic E-state index is 11.9. The van der Waals surface area contributed by atoms with Crippen LogP contribution in [0.25, 0.3) is 0 Å². The molecule has 0 fully saturated rings. The van der Waals surface area contributed by atoms with Gasteiger partial charge in [-0.15, -0.1) is 11.8 Å². The highest BCUT2D eigenvalue weighted by Gasteiger charge is 2.06. The number of thioether (sulfide) groups is 1. The van der Waals surface area contributed by atoms with Crippen LogP contribution in [-0.4, -0.2) is 55.4 Å². The number of ether oxygens (including phenoxy) is 2. The highest BCUT2D eigenvalue weighted by atomic mass is 32.2. The van der Waals surface area contributed by atoms with Crippen molar-refractivity contribution in [3.05, 3.63) is 29.8 Å². The SMILES string of the molecule is COCCOc1cccc(C(=O)NCCSCC(=O)O)c1. The third-order valence-electron chi connectivity index (χ3n) is 2.41. The number of aliphatic carboxylic acids is 1. The number of carbonyl (C=O) groups excluding carboxylic acids is 1. The van der Waals surface area contributed by atoms with Gasteiger partial charge in [0.05, 0.1) is 12.4 Å². The van der Waals surface area contributed by atoms with Gasteiger partial charge in [-0.2, -0.15) is 0 Å². The van der Waals surface area contributed by atoms with Crippen LogP contribution in [0.2, 0.25) is 0 Å². The molecule has 0 saturated heterocycles. The Hall–Kier alpha value is -1.73. The van der Waals surface area contributed by atoms with Gasteiger partial charge in [-0.05, 0) is 18.2 Å². The van der Waals surface area contributed by atoms with Crippen LogP contribution in [0.3, 0.4) is 0 Å². The van der Waals surface area contributed by atoms with Gasteiger partial charge < -0.3 is 19.9 Å². The van der Waals surface area contributed by atoms with Gasteiger partial charge in [0.15, 0.2) is 0 Å². The van der Waals surface area contributed by atoms with Crippen LogP contribution < -0.4 is 10.1 Å². The van der Waals surface area contributed by atoms with Crippen LogP contribution in [0.5, 0.6) is 5.75 Å². The van der Waals surface area contributed by atoms with Crippen LogP contribution in [0, 0.1) is 0 Å². The molecule has 1 rings (SSSR count). The standard InChI is InChI=1S/C14H19NO5S/c1-19-6-7-20-12-4-2-3-11(9-12)14(18)15-5-8-21-10-13(16)17/h2-4,9H,5-8,10H2,1H3,(H,15,18)(H,16,17). The van der Waals surface area contributed by atoms with Crippen LogP contribution >= 0.6 is 11.8 Å². The number of carboxylic acid groups (broad SMARTS) is 1. The molecule has 0 bridgehead atoms. The van der Waals surface area contributed by atoms with Gasteiger partial charge >= 0.3 is 5.97 Å². The average Bonchev–Trinajstić information content (AvgIpc) is 2.47. The van der Waals surface area contributed by atoms with Gasteiger partial charge in [0, 0.05) is 25.0 Å². The van der Waals surface area contributed by atoms with E-state index < -0.39 is 5.97 Å². The van der Waals surface area contributed by atoms with E-state index in [-0.39, 0.29) is 11.7 Å². The predicted molar refractivity (Wildman–Crippen MR) is 81.1 cm³/mol. The normalized spacial score (nSPS) is 10.1. The smallest absolute Gasteiger partial charge is 0.313 e. The molecule has 7 heteroatoms. The molecule has 6 nitrogen and oxygen atoms in total. The average molecular weight is 313 g/mol. The van der Waals surface area contributed by atoms with Gasteiger partial charge in [0.1, 0.15) is 12.4 Å². The predicted octanol–water partition coefficient (Wildman–Crippen LogP) is 1.26. The second-order valence-corrected chi connectivity index (χ2v) is 5.18. The van der Waals surface area contributed by atoms with Crippen molar-refractivity contribution in [3.8, 4) is 5.75 Å². The molecular formula is C14H19NO5S. The molecule has 0 aliphatic rings. The Kier molecular flexibility index (Phi) is 8.30. The van der Waals surface area contributed by atoms with Crippen molar-refractivity contribution in [2.75, 3.05) is 38.4 Å². The summed E-state index contributed by atoms with van der Waals surface area (Å²) in [6, 6.07) is 6.88. The maximum absolute atomic E-state index is 11.9. The molecule has 0 spiro atoms. The van der Waals surface area contributed by atoms with Crippen molar-refractivity contribution in [1.29, 1.82) is 0 Å². The summed E-state index contributed by atoms with van der Waals surface area (Å²) in [5, 5.41) is 11.2. The number of hydrogen-bond donors (Lipinski definition) is 2. The van der Waals surface area contributed by atoms with Gasteiger partial charge in [-0.3, -0.25) is 9.59 Å². The fourth-order valence-corrected chi connectivity index (χ4v) is 2.03. The van der Waals surface area contributed by atoms with E-state index in [1.807, 2.05) is 0 Å². The minimum absolute atomic E-state index is 0.0404. The number of hydrogen-bond acceptors (Lipinski definition) is 5. The number of methoxy groups -OCH3 is 1. The van der Waals surface area contributed by atoms with E-state index in [2.05, 4.69) is 5.32 Å². The highest BCUT2D eigenvalue weighted by molar-refractivity contribution is 7.99. The Balaban J connectivity index is 2.36. The molecule has 0 aliphatic heterocycles. The van der Waals surface area contributed by atoms with Crippen molar-refractivity contribution in [2.24, 2.45) is 0 Å². The molecule has 0 atom stereocenters. The quantitative estimate of drug-likeness (QED) is 0.633. The Morgan fingerprint density at radius 1 is 1.33 bits per heavy atom. The lowest BCUT2D eigenvalue weighted by atomic mass is 10.2. The van der Waals surface area contributed by atoms with Crippen LogP contribution in [0.4, 0.5) is 0 Å². The van der Waals surface area contributed by atoms with E-state index >= 15 is 0 Å². The lowest BCUT2D eigenvalue weighted by molar-refractivity contribution is -0.133. The van der Waals surface area contributed by atoms with Crippen LogP contribution in [0.1, 0.15) is 10.4 Å². The number of benzene rings is 1. The van der Waals surface area contributed by atoms with Crippen molar-refractivity contribution < 1.29 is 24.2 Å². The number of nitrogens with one attached hydrogen (secondary N) is 1. The molecule has 0 radical (unpaired) electrons. The number of amides is 1. The summed E-state index contributed by atoms with van der Waals surface area (Å²) in [5.41, 5.74) is 0.508. The molecule has 1 aromatic carbocycles. The van der Waals surface area contributed by atoms with Gasteiger partial charge in [-0.25, -0.2) is 0 Å². The minimum atomic E-state index is -0.854. The summed E-state index contributed by atoms with van der Waals surface area (Å²) in [5.74, 6) is 0.149. The van der Waals surface area contributed by atoms with Crippen molar-refractivity contribution in [2.45, 2.75) is 0 Å². The second-order valence-electron chi connectivity index (χ2n) is 4.07. The second kappa shape index (κ2) is 10.1. The third kappa shape index (κ3) is 7.57. The van der Waals surface area contributed by atoms with Crippen LogP contribution in [0.15, 0.2) is 24.3 Å². The topological polar surface area (TPSA) is 84.9 Å². The first kappa shape index (κ1) is 17.3. The Morgan fingerprint density at radius 2 is 2.14 bits per heavy atom. The molecule has 0 heterocycles. The van der Waals surface area contributed by atoms with Gasteiger partial charge in [-0.1, -0.05) is 6.07 Å². The van der Waals surface area contributed by atoms with E-state index in [4.69, 9.17) is 14.6 Å². The van der Waals surface area contributed by atoms with E-state index in [1.165, 1.54) is 11.8 Å². The minimum Gasteiger partial charge on any atom is -0.491 e. The van der Waals surface area contributed by atoms with E-state index in [1.54, 1.807) is 31.4 Å². The fourth-order valence-electron chi connectivity index (χ4n) is 1.47. The van der Waals surface area contributed by atoms with Crippen LogP contribution in [-0.2, 0) is 9.53 Å². The molecule has 1 aromatic rings. The molecule has 116 valence electrons. The first-order chi connectivity index (χ1) is 10.1. The van der Waals surface area contributed by atoms with Crippen molar-refractivity contribution in [3.63, 3.8) is 0 Å². The molecule has 0 aromatic heterocycles. The monoisotopic (exact) mass is 313 g/mol. The van der Waals surface area contributed by atoms with Crippen molar-refractivity contribution in [1.82, 2.24) is 5.32 Å².